The quantitative estimate of drug-likeness (QED) is 0.157. The van der Waals surface area contributed by atoms with E-state index in [1.807, 2.05) is 68.4 Å². The van der Waals surface area contributed by atoms with Gasteiger partial charge in [-0.25, -0.2) is 0 Å². The van der Waals surface area contributed by atoms with E-state index < -0.39 is 4.92 Å². The first-order valence-corrected chi connectivity index (χ1v) is 11.3. The average molecular weight is 484 g/mol. The van der Waals surface area contributed by atoms with Crippen molar-refractivity contribution in [2.24, 2.45) is 0 Å². The fraction of sp³-hybridized carbons (Fsp3) is 0.107. The summed E-state index contributed by atoms with van der Waals surface area (Å²) in [4.78, 5) is 10.7. The van der Waals surface area contributed by atoms with Crippen LogP contribution in [0.5, 0.6) is 5.75 Å². The van der Waals surface area contributed by atoms with Gasteiger partial charge in [-0.2, -0.15) is 5.26 Å². The van der Waals surface area contributed by atoms with Gasteiger partial charge in [-0.3, -0.25) is 10.1 Å². The SMILES string of the molecule is Cc1cc(/C=C(/C#N)c2cccc([N+](=O)[O-])c2)c(C)n1-c1ccc(OCc2ccccc2Cl)cc1. The van der Waals surface area contributed by atoms with Gasteiger partial charge in [0, 0.05) is 39.8 Å². The van der Waals surface area contributed by atoms with Crippen LogP contribution in [0.25, 0.3) is 17.3 Å². The zero-order chi connectivity index (χ0) is 24.9. The fourth-order valence-corrected chi connectivity index (χ4v) is 4.11. The third kappa shape index (κ3) is 5.26. The molecule has 7 heteroatoms. The molecule has 4 aromatic rings. The van der Waals surface area contributed by atoms with Crippen LogP contribution in [-0.2, 0) is 6.61 Å². The zero-order valence-electron chi connectivity index (χ0n) is 19.2. The van der Waals surface area contributed by atoms with Crippen molar-refractivity contribution in [1.82, 2.24) is 4.57 Å². The molecular formula is C28H22ClN3O3. The summed E-state index contributed by atoms with van der Waals surface area (Å²) in [6.07, 6.45) is 1.76. The second kappa shape index (κ2) is 10.3. The average Bonchev–Trinajstić information content (AvgIpc) is 3.14. The maximum absolute atomic E-state index is 11.1. The van der Waals surface area contributed by atoms with E-state index in [-0.39, 0.29) is 5.69 Å². The van der Waals surface area contributed by atoms with Crippen molar-refractivity contribution in [3.05, 3.63) is 122 Å². The number of allylic oxidation sites excluding steroid dienone is 1. The van der Waals surface area contributed by atoms with Gasteiger partial charge >= 0.3 is 0 Å². The van der Waals surface area contributed by atoms with Crippen LogP contribution in [0.4, 0.5) is 5.69 Å². The maximum Gasteiger partial charge on any atom is 0.270 e. The third-order valence-electron chi connectivity index (χ3n) is 5.71. The molecule has 0 N–H and O–H groups in total. The van der Waals surface area contributed by atoms with Crippen LogP contribution < -0.4 is 4.74 Å². The molecule has 0 amide bonds. The molecule has 1 heterocycles. The predicted molar refractivity (Wildman–Crippen MR) is 138 cm³/mol. The standard InChI is InChI=1S/C28H22ClN3O3/c1-19-14-23(15-24(17-30)21-7-5-8-26(16-21)32(33)34)20(2)31(19)25-10-12-27(13-11-25)35-18-22-6-3-4-9-28(22)29/h3-16H,18H2,1-2H3/b24-15-. The number of aryl methyl sites for hydroxylation is 1. The molecule has 0 saturated heterocycles. The van der Waals surface area contributed by atoms with Crippen LogP contribution in [-0.4, -0.2) is 9.49 Å². The molecule has 0 aliphatic heterocycles. The van der Waals surface area contributed by atoms with Crippen LogP contribution >= 0.6 is 11.6 Å². The third-order valence-corrected chi connectivity index (χ3v) is 6.07. The highest BCUT2D eigenvalue weighted by Crippen LogP contribution is 2.28. The zero-order valence-corrected chi connectivity index (χ0v) is 20.0. The predicted octanol–water partition coefficient (Wildman–Crippen LogP) is 7.30. The van der Waals surface area contributed by atoms with Gasteiger partial charge in [0.1, 0.15) is 12.4 Å². The monoisotopic (exact) mass is 483 g/mol. The van der Waals surface area contributed by atoms with Crippen molar-refractivity contribution < 1.29 is 9.66 Å². The Morgan fingerprint density at radius 1 is 1.09 bits per heavy atom. The van der Waals surface area contributed by atoms with Crippen LogP contribution in [0.3, 0.4) is 0 Å². The number of ether oxygens (including phenoxy) is 1. The van der Waals surface area contributed by atoms with E-state index in [9.17, 15) is 15.4 Å². The molecule has 0 fully saturated rings. The van der Waals surface area contributed by atoms with Gasteiger partial charge in [0.25, 0.3) is 5.69 Å². The summed E-state index contributed by atoms with van der Waals surface area (Å²) in [7, 11) is 0. The molecule has 0 aliphatic carbocycles. The van der Waals surface area contributed by atoms with Gasteiger partial charge in [-0.15, -0.1) is 0 Å². The second-order valence-corrected chi connectivity index (χ2v) is 8.42. The van der Waals surface area contributed by atoms with Crippen LogP contribution in [0, 0.1) is 35.3 Å². The Morgan fingerprint density at radius 2 is 1.83 bits per heavy atom. The second-order valence-electron chi connectivity index (χ2n) is 8.01. The highest BCUT2D eigenvalue weighted by Gasteiger charge is 2.13. The summed E-state index contributed by atoms with van der Waals surface area (Å²) >= 11 is 6.20. The Morgan fingerprint density at radius 3 is 2.51 bits per heavy atom. The van der Waals surface area contributed by atoms with E-state index in [4.69, 9.17) is 16.3 Å². The Kier molecular flexibility index (Phi) is 7.00. The summed E-state index contributed by atoms with van der Waals surface area (Å²) in [5.41, 5.74) is 5.50. The number of non-ortho nitro benzene ring substituents is 1. The lowest BCUT2D eigenvalue weighted by Crippen LogP contribution is -2.00. The molecule has 3 aromatic carbocycles. The molecule has 4 rings (SSSR count). The van der Waals surface area contributed by atoms with E-state index in [1.165, 1.54) is 12.1 Å². The van der Waals surface area contributed by atoms with E-state index in [0.29, 0.717) is 22.8 Å². The van der Waals surface area contributed by atoms with Gasteiger partial charge in [-0.05, 0) is 67.4 Å². The minimum absolute atomic E-state index is 0.0500. The lowest BCUT2D eigenvalue weighted by molar-refractivity contribution is -0.384. The molecule has 0 aliphatic rings. The highest BCUT2D eigenvalue weighted by molar-refractivity contribution is 6.31. The van der Waals surface area contributed by atoms with Crippen molar-refractivity contribution >= 4 is 28.9 Å². The number of rotatable bonds is 7. The Labute approximate surface area is 208 Å². The summed E-state index contributed by atoms with van der Waals surface area (Å²) in [5.74, 6) is 0.730. The van der Waals surface area contributed by atoms with Crippen LogP contribution in [0.1, 0.15) is 28.1 Å². The number of nitriles is 1. The molecule has 0 spiro atoms. The van der Waals surface area contributed by atoms with E-state index in [1.54, 1.807) is 18.2 Å². The first-order valence-electron chi connectivity index (χ1n) is 10.9. The number of aromatic nitrogens is 1. The highest BCUT2D eigenvalue weighted by atomic mass is 35.5. The molecule has 0 bridgehead atoms. The molecule has 0 saturated carbocycles. The van der Waals surface area contributed by atoms with Gasteiger partial charge in [0.05, 0.1) is 16.6 Å². The van der Waals surface area contributed by atoms with E-state index in [2.05, 4.69) is 10.6 Å². The number of nitrogens with zero attached hydrogens (tertiary/aromatic N) is 3. The van der Waals surface area contributed by atoms with Crippen molar-refractivity contribution in [3.8, 4) is 17.5 Å². The van der Waals surface area contributed by atoms with Crippen LogP contribution in [0.2, 0.25) is 5.02 Å². The number of hydrogen-bond donors (Lipinski definition) is 0. The molecule has 0 radical (unpaired) electrons. The number of hydrogen-bond acceptors (Lipinski definition) is 4. The minimum Gasteiger partial charge on any atom is -0.489 e. The van der Waals surface area contributed by atoms with Crippen molar-refractivity contribution in [3.63, 3.8) is 0 Å². The Hall–Kier alpha value is -4.34. The smallest absolute Gasteiger partial charge is 0.270 e. The maximum atomic E-state index is 11.1. The normalized spacial score (nSPS) is 11.2. The minimum atomic E-state index is -0.466. The molecule has 174 valence electrons. The van der Waals surface area contributed by atoms with Crippen molar-refractivity contribution in [2.75, 3.05) is 0 Å². The van der Waals surface area contributed by atoms with E-state index in [0.717, 1.165) is 34.0 Å². The topological polar surface area (TPSA) is 81.1 Å². The summed E-state index contributed by atoms with van der Waals surface area (Å²) < 4.78 is 7.97. The largest absolute Gasteiger partial charge is 0.489 e. The first-order chi connectivity index (χ1) is 16.9. The summed E-state index contributed by atoms with van der Waals surface area (Å²) in [6, 6.07) is 25.6. The summed E-state index contributed by atoms with van der Waals surface area (Å²) in [6.45, 7) is 4.35. The van der Waals surface area contributed by atoms with Gasteiger partial charge < -0.3 is 9.30 Å². The molecule has 35 heavy (non-hydrogen) atoms. The number of benzene rings is 3. The Bertz CT molecular complexity index is 1460. The number of nitro groups is 1. The summed E-state index contributed by atoms with van der Waals surface area (Å²) in [5, 5.41) is 21.5. The molecule has 1 aromatic heterocycles. The molecule has 6 nitrogen and oxygen atoms in total. The first kappa shape index (κ1) is 23.8. The van der Waals surface area contributed by atoms with Crippen molar-refractivity contribution in [1.29, 1.82) is 5.26 Å². The van der Waals surface area contributed by atoms with E-state index >= 15 is 0 Å². The van der Waals surface area contributed by atoms with Gasteiger partial charge in [0.2, 0.25) is 0 Å². The molecule has 0 atom stereocenters. The van der Waals surface area contributed by atoms with Crippen LogP contribution in [0.15, 0.2) is 78.9 Å². The Balaban J connectivity index is 1.59. The fourth-order valence-electron chi connectivity index (χ4n) is 3.92. The number of nitro benzene ring substituents is 1. The van der Waals surface area contributed by atoms with Gasteiger partial charge in [0.15, 0.2) is 0 Å². The molecular weight excluding hydrogens is 462 g/mol. The lowest BCUT2D eigenvalue weighted by Gasteiger charge is -2.12. The van der Waals surface area contributed by atoms with Gasteiger partial charge in [-0.1, -0.05) is 41.9 Å². The molecule has 0 unspecified atom stereocenters. The number of halogens is 1. The lowest BCUT2D eigenvalue weighted by atomic mass is 10.0. The van der Waals surface area contributed by atoms with Crippen molar-refractivity contribution in [2.45, 2.75) is 20.5 Å².